The van der Waals surface area contributed by atoms with E-state index in [1.165, 1.54) is 13.3 Å². The van der Waals surface area contributed by atoms with E-state index in [2.05, 4.69) is 15.3 Å². The molecule has 0 aliphatic heterocycles. The number of aliphatic hydroxyl groups excluding tert-OH is 1. The number of thiophene rings is 1. The Hall–Kier alpha value is -1.73. The Balaban J connectivity index is 2.39. The van der Waals surface area contributed by atoms with Crippen molar-refractivity contribution in [2.45, 2.75) is 32.4 Å². The topological polar surface area (TPSA) is 95.3 Å². The van der Waals surface area contributed by atoms with Gasteiger partial charge in [-0.15, -0.1) is 11.3 Å². The lowest BCUT2D eigenvalue weighted by Gasteiger charge is -2.17. The number of nitrogens with one attached hydrogen (secondary N) is 1. The van der Waals surface area contributed by atoms with Crippen LogP contribution in [-0.4, -0.2) is 38.3 Å². The number of aromatic nitrogens is 2. The fourth-order valence-corrected chi connectivity index (χ4v) is 2.67. The van der Waals surface area contributed by atoms with Gasteiger partial charge in [0.1, 0.15) is 17.0 Å². The van der Waals surface area contributed by atoms with Crippen molar-refractivity contribution >= 4 is 33.3 Å². The number of carboxylic acid groups (broad SMARTS) is 1. The normalized spacial score (nSPS) is 14.3. The summed E-state index contributed by atoms with van der Waals surface area (Å²) in [6.45, 7) is 3.47. The summed E-state index contributed by atoms with van der Waals surface area (Å²) in [6.07, 6.45) is 1.26. The molecule has 2 atom stereocenters. The summed E-state index contributed by atoms with van der Waals surface area (Å²) in [5.41, 5.74) is 0. The highest BCUT2D eigenvalue weighted by molar-refractivity contribution is 7.18. The van der Waals surface area contributed by atoms with Gasteiger partial charge in [-0.05, 0) is 19.4 Å². The Bertz CT molecular complexity index is 597. The van der Waals surface area contributed by atoms with E-state index in [-0.39, 0.29) is 0 Å². The largest absolute Gasteiger partial charge is 0.480 e. The average Bonchev–Trinajstić information content (AvgIpc) is 2.78. The van der Waals surface area contributed by atoms with Gasteiger partial charge in [-0.25, -0.2) is 14.8 Å². The number of carboxylic acids is 1. The molecule has 0 fully saturated rings. The highest BCUT2D eigenvalue weighted by atomic mass is 32.1. The summed E-state index contributed by atoms with van der Waals surface area (Å²) in [7, 11) is 0. The molecule has 7 heteroatoms. The number of nitrogens with zero attached hydrogens (tertiary/aromatic N) is 2. The maximum absolute atomic E-state index is 11.1. The predicted molar refractivity (Wildman–Crippen MR) is 73.5 cm³/mol. The quantitative estimate of drug-likeness (QED) is 0.768. The van der Waals surface area contributed by atoms with Gasteiger partial charge in [-0.2, -0.15) is 0 Å². The first kappa shape index (κ1) is 13.7. The molecule has 2 aromatic heterocycles. The molecule has 0 bridgehead atoms. The standard InChI is InChI=1S/C12H15N3O3S/c1-3-7-4-8-10(13-5-14-11(8)19-7)15-9(6(2)16)12(17)18/h4-6,9,16H,3H2,1-2H3,(H,17,18)(H,13,14,15). The van der Waals surface area contributed by atoms with Gasteiger partial charge in [-0.1, -0.05) is 6.92 Å². The van der Waals surface area contributed by atoms with Gasteiger partial charge in [0.25, 0.3) is 0 Å². The van der Waals surface area contributed by atoms with Gasteiger partial charge in [0.2, 0.25) is 0 Å². The van der Waals surface area contributed by atoms with E-state index in [0.717, 1.165) is 21.5 Å². The first-order valence-electron chi connectivity index (χ1n) is 5.93. The van der Waals surface area contributed by atoms with Crippen molar-refractivity contribution in [1.29, 1.82) is 0 Å². The van der Waals surface area contributed by atoms with Gasteiger partial charge < -0.3 is 15.5 Å². The van der Waals surface area contributed by atoms with Crippen LogP contribution in [0.4, 0.5) is 5.82 Å². The molecule has 0 aliphatic rings. The van der Waals surface area contributed by atoms with E-state index in [4.69, 9.17) is 5.11 Å². The lowest BCUT2D eigenvalue weighted by molar-refractivity contribution is -0.140. The molecular weight excluding hydrogens is 266 g/mol. The minimum Gasteiger partial charge on any atom is -0.480 e. The van der Waals surface area contributed by atoms with Crippen molar-refractivity contribution in [3.05, 3.63) is 17.3 Å². The van der Waals surface area contributed by atoms with Gasteiger partial charge >= 0.3 is 5.97 Å². The Morgan fingerprint density at radius 3 is 2.84 bits per heavy atom. The minimum atomic E-state index is -1.12. The van der Waals surface area contributed by atoms with Gasteiger partial charge in [0.15, 0.2) is 6.04 Å². The average molecular weight is 281 g/mol. The van der Waals surface area contributed by atoms with Crippen LogP contribution in [0.3, 0.4) is 0 Å². The Labute approximate surface area is 114 Å². The Morgan fingerprint density at radius 2 is 2.26 bits per heavy atom. The van der Waals surface area contributed by atoms with Gasteiger partial charge in [0, 0.05) is 4.88 Å². The molecule has 102 valence electrons. The predicted octanol–water partition coefficient (Wildman–Crippen LogP) is 1.50. The van der Waals surface area contributed by atoms with Crippen LogP contribution < -0.4 is 5.32 Å². The maximum atomic E-state index is 11.1. The van der Waals surface area contributed by atoms with E-state index < -0.39 is 18.1 Å². The first-order valence-corrected chi connectivity index (χ1v) is 6.75. The van der Waals surface area contributed by atoms with Crippen LogP contribution in [0.25, 0.3) is 10.2 Å². The fraction of sp³-hybridized carbons (Fsp3) is 0.417. The van der Waals surface area contributed by atoms with Crippen LogP contribution in [0.1, 0.15) is 18.7 Å². The molecule has 2 rings (SSSR count). The van der Waals surface area contributed by atoms with E-state index in [1.54, 1.807) is 11.3 Å². The second-order valence-electron chi connectivity index (χ2n) is 4.21. The van der Waals surface area contributed by atoms with Crippen LogP contribution in [0.2, 0.25) is 0 Å². The number of aliphatic hydroxyl groups is 1. The van der Waals surface area contributed by atoms with Crippen molar-refractivity contribution < 1.29 is 15.0 Å². The van der Waals surface area contributed by atoms with Gasteiger partial charge in [0.05, 0.1) is 11.5 Å². The van der Waals surface area contributed by atoms with Crippen LogP contribution in [-0.2, 0) is 11.2 Å². The van der Waals surface area contributed by atoms with E-state index >= 15 is 0 Å². The minimum absolute atomic E-state index is 0.439. The summed E-state index contributed by atoms with van der Waals surface area (Å²) < 4.78 is 0. The van der Waals surface area contributed by atoms with Gasteiger partial charge in [-0.3, -0.25) is 0 Å². The number of fused-ring (bicyclic) bond motifs is 1. The summed E-state index contributed by atoms with van der Waals surface area (Å²) in [6, 6.07) is 0.853. The fourth-order valence-electron chi connectivity index (χ4n) is 1.73. The van der Waals surface area contributed by atoms with E-state index in [0.29, 0.717) is 5.82 Å². The molecule has 19 heavy (non-hydrogen) atoms. The molecule has 0 saturated carbocycles. The monoisotopic (exact) mass is 281 g/mol. The van der Waals surface area contributed by atoms with Crippen molar-refractivity contribution in [3.8, 4) is 0 Å². The lowest BCUT2D eigenvalue weighted by atomic mass is 10.2. The molecule has 2 heterocycles. The van der Waals surface area contributed by atoms with Crippen molar-refractivity contribution in [1.82, 2.24) is 9.97 Å². The molecule has 0 amide bonds. The zero-order valence-electron chi connectivity index (χ0n) is 10.6. The van der Waals surface area contributed by atoms with Crippen molar-refractivity contribution in [2.24, 2.45) is 0 Å². The molecule has 0 aromatic carbocycles. The summed E-state index contributed by atoms with van der Waals surface area (Å²) in [4.78, 5) is 21.3. The number of hydrogen-bond acceptors (Lipinski definition) is 6. The first-order chi connectivity index (χ1) is 9.02. The Morgan fingerprint density at radius 1 is 1.53 bits per heavy atom. The number of aryl methyl sites for hydroxylation is 1. The Kier molecular flexibility index (Phi) is 3.96. The molecular formula is C12H15N3O3S. The number of rotatable bonds is 5. The third-order valence-electron chi connectivity index (χ3n) is 2.77. The number of carbonyl (C=O) groups is 1. The SMILES string of the molecule is CCc1cc2c(NC(C(=O)O)C(C)O)ncnc2s1. The third-order valence-corrected chi connectivity index (χ3v) is 3.96. The second kappa shape index (κ2) is 5.50. The van der Waals surface area contributed by atoms with Crippen LogP contribution in [0.5, 0.6) is 0 Å². The highest BCUT2D eigenvalue weighted by Crippen LogP contribution is 2.28. The zero-order valence-corrected chi connectivity index (χ0v) is 11.4. The molecule has 2 aromatic rings. The second-order valence-corrected chi connectivity index (χ2v) is 5.32. The molecule has 0 aliphatic carbocycles. The molecule has 3 N–H and O–H groups in total. The highest BCUT2D eigenvalue weighted by Gasteiger charge is 2.24. The van der Waals surface area contributed by atoms with Crippen LogP contribution in [0.15, 0.2) is 12.4 Å². The summed E-state index contributed by atoms with van der Waals surface area (Å²) in [5, 5.41) is 22.1. The lowest BCUT2D eigenvalue weighted by Crippen LogP contribution is -2.39. The molecule has 0 saturated heterocycles. The molecule has 0 radical (unpaired) electrons. The smallest absolute Gasteiger partial charge is 0.328 e. The van der Waals surface area contributed by atoms with E-state index in [9.17, 15) is 9.90 Å². The number of aliphatic carboxylic acids is 1. The summed E-state index contributed by atoms with van der Waals surface area (Å²) >= 11 is 1.55. The van der Waals surface area contributed by atoms with Crippen LogP contribution >= 0.6 is 11.3 Å². The molecule has 0 spiro atoms. The molecule has 6 nitrogen and oxygen atoms in total. The maximum Gasteiger partial charge on any atom is 0.328 e. The number of anilines is 1. The number of hydrogen-bond donors (Lipinski definition) is 3. The van der Waals surface area contributed by atoms with Crippen molar-refractivity contribution in [3.63, 3.8) is 0 Å². The summed E-state index contributed by atoms with van der Waals surface area (Å²) in [5.74, 6) is -0.679. The van der Waals surface area contributed by atoms with Crippen molar-refractivity contribution in [2.75, 3.05) is 5.32 Å². The molecule has 2 unspecified atom stereocenters. The zero-order chi connectivity index (χ0) is 14.0. The third kappa shape index (κ3) is 2.82. The van der Waals surface area contributed by atoms with Crippen LogP contribution in [0, 0.1) is 0 Å². The van der Waals surface area contributed by atoms with E-state index in [1.807, 2.05) is 13.0 Å².